The molecule has 1 amide bonds. The number of rotatable bonds is 2. The van der Waals surface area contributed by atoms with Crippen molar-refractivity contribution in [3.8, 4) is 0 Å². The number of piperidine rings is 2. The normalized spacial score (nSPS) is 31.3. The SMILES string of the molecule is O=C(C1CC12CCNCC2)N1CCCCC1c1nccs1. The van der Waals surface area contributed by atoms with Crippen LogP contribution in [0.15, 0.2) is 11.6 Å². The molecular weight excluding hydrogens is 282 g/mol. The molecule has 1 aromatic rings. The van der Waals surface area contributed by atoms with E-state index >= 15 is 0 Å². The molecule has 3 fully saturated rings. The lowest BCUT2D eigenvalue weighted by Gasteiger charge is -2.35. The Labute approximate surface area is 129 Å². The molecule has 3 heterocycles. The van der Waals surface area contributed by atoms with Crippen LogP contribution in [0.2, 0.25) is 0 Å². The molecule has 0 aromatic carbocycles. The van der Waals surface area contributed by atoms with Crippen molar-refractivity contribution in [2.75, 3.05) is 19.6 Å². The van der Waals surface area contributed by atoms with E-state index in [0.29, 0.717) is 17.2 Å². The van der Waals surface area contributed by atoms with E-state index in [0.717, 1.165) is 43.9 Å². The summed E-state index contributed by atoms with van der Waals surface area (Å²) in [5, 5.41) is 6.57. The number of hydrogen-bond acceptors (Lipinski definition) is 4. The molecule has 114 valence electrons. The molecule has 2 aliphatic heterocycles. The molecule has 21 heavy (non-hydrogen) atoms. The van der Waals surface area contributed by atoms with Crippen molar-refractivity contribution in [2.24, 2.45) is 11.3 Å². The molecular formula is C16H23N3OS. The van der Waals surface area contributed by atoms with Crippen LogP contribution in [0.4, 0.5) is 0 Å². The molecule has 1 aromatic heterocycles. The van der Waals surface area contributed by atoms with E-state index in [-0.39, 0.29) is 6.04 Å². The third kappa shape index (κ3) is 2.40. The standard InChI is InChI=1S/C16H23N3OS/c20-15(12-11-16(12)4-6-17-7-5-16)19-9-2-1-3-13(19)14-18-8-10-21-14/h8,10,12-13,17H,1-7,9,11H2. The highest BCUT2D eigenvalue weighted by Gasteiger charge is 2.59. The van der Waals surface area contributed by atoms with Crippen LogP contribution in [0.1, 0.15) is 49.6 Å². The van der Waals surface area contributed by atoms with Gasteiger partial charge < -0.3 is 10.2 Å². The fourth-order valence-corrected chi connectivity index (χ4v) is 5.01. The minimum atomic E-state index is 0.241. The first kappa shape index (κ1) is 13.7. The highest BCUT2D eigenvalue weighted by molar-refractivity contribution is 7.09. The first-order valence-electron chi connectivity index (χ1n) is 8.21. The maximum atomic E-state index is 13.0. The summed E-state index contributed by atoms with van der Waals surface area (Å²) in [5.41, 5.74) is 0.340. The van der Waals surface area contributed by atoms with Gasteiger partial charge in [0.05, 0.1) is 6.04 Å². The summed E-state index contributed by atoms with van der Waals surface area (Å²) in [6, 6.07) is 0.241. The monoisotopic (exact) mass is 305 g/mol. The summed E-state index contributed by atoms with van der Waals surface area (Å²) in [7, 11) is 0. The molecule has 2 unspecified atom stereocenters. The summed E-state index contributed by atoms with van der Waals surface area (Å²) < 4.78 is 0. The number of carbonyl (C=O) groups is 1. The molecule has 0 radical (unpaired) electrons. The predicted molar refractivity (Wildman–Crippen MR) is 83.1 cm³/mol. The van der Waals surface area contributed by atoms with E-state index in [1.807, 2.05) is 11.6 Å². The smallest absolute Gasteiger partial charge is 0.226 e. The fraction of sp³-hybridized carbons (Fsp3) is 0.750. The highest BCUT2D eigenvalue weighted by Crippen LogP contribution is 2.59. The third-order valence-corrected chi connectivity index (χ3v) is 6.49. The number of likely N-dealkylation sites (tertiary alicyclic amines) is 1. The second kappa shape index (κ2) is 5.36. The quantitative estimate of drug-likeness (QED) is 0.913. The molecule has 4 rings (SSSR count). The van der Waals surface area contributed by atoms with E-state index in [4.69, 9.17) is 0 Å². The van der Waals surface area contributed by atoms with Crippen molar-refractivity contribution in [2.45, 2.75) is 44.6 Å². The van der Waals surface area contributed by atoms with Gasteiger partial charge >= 0.3 is 0 Å². The zero-order valence-corrected chi connectivity index (χ0v) is 13.2. The van der Waals surface area contributed by atoms with Gasteiger partial charge in [0, 0.05) is 24.0 Å². The van der Waals surface area contributed by atoms with Crippen molar-refractivity contribution >= 4 is 17.2 Å². The summed E-state index contributed by atoms with van der Waals surface area (Å²) in [5.74, 6) is 0.706. The van der Waals surface area contributed by atoms with Crippen LogP contribution in [-0.4, -0.2) is 35.4 Å². The second-order valence-electron chi connectivity index (χ2n) is 6.78. The second-order valence-corrected chi connectivity index (χ2v) is 7.71. The van der Waals surface area contributed by atoms with E-state index in [2.05, 4.69) is 15.2 Å². The van der Waals surface area contributed by atoms with Gasteiger partial charge in [0.2, 0.25) is 5.91 Å². The van der Waals surface area contributed by atoms with Gasteiger partial charge in [0.25, 0.3) is 0 Å². The van der Waals surface area contributed by atoms with Crippen LogP contribution >= 0.6 is 11.3 Å². The van der Waals surface area contributed by atoms with Gasteiger partial charge in [-0.15, -0.1) is 11.3 Å². The Hall–Kier alpha value is -0.940. The number of nitrogens with zero attached hydrogens (tertiary/aromatic N) is 2. The summed E-state index contributed by atoms with van der Waals surface area (Å²) in [6.45, 7) is 3.09. The van der Waals surface area contributed by atoms with E-state index in [1.54, 1.807) is 11.3 Å². The van der Waals surface area contributed by atoms with Gasteiger partial charge in [-0.05, 0) is 57.0 Å². The zero-order valence-electron chi connectivity index (χ0n) is 12.4. The number of aromatic nitrogens is 1. The average Bonchev–Trinajstić information content (AvgIpc) is 2.99. The topological polar surface area (TPSA) is 45.2 Å². The van der Waals surface area contributed by atoms with Crippen molar-refractivity contribution in [1.29, 1.82) is 0 Å². The van der Waals surface area contributed by atoms with Crippen LogP contribution in [-0.2, 0) is 4.79 Å². The van der Waals surface area contributed by atoms with Gasteiger partial charge in [-0.2, -0.15) is 0 Å². The Morgan fingerprint density at radius 3 is 3.00 bits per heavy atom. The van der Waals surface area contributed by atoms with Gasteiger partial charge in [-0.1, -0.05) is 0 Å². The average molecular weight is 305 g/mol. The van der Waals surface area contributed by atoms with Crippen molar-refractivity contribution in [1.82, 2.24) is 15.2 Å². The molecule has 1 N–H and O–H groups in total. The van der Waals surface area contributed by atoms with Gasteiger partial charge in [-0.25, -0.2) is 4.98 Å². The lowest BCUT2D eigenvalue weighted by atomic mass is 9.91. The molecule has 2 atom stereocenters. The van der Waals surface area contributed by atoms with Gasteiger partial charge in [-0.3, -0.25) is 4.79 Å². The Bertz CT molecular complexity index is 510. The molecule has 3 aliphatic rings. The first-order chi connectivity index (χ1) is 10.3. The number of amides is 1. The van der Waals surface area contributed by atoms with Crippen LogP contribution in [0.5, 0.6) is 0 Å². The lowest BCUT2D eigenvalue weighted by Crippen LogP contribution is -2.41. The van der Waals surface area contributed by atoms with E-state index in [1.165, 1.54) is 19.3 Å². The zero-order chi connectivity index (χ0) is 14.3. The summed E-state index contributed by atoms with van der Waals surface area (Å²) in [6.07, 6.45) is 8.79. The Balaban J connectivity index is 1.50. The van der Waals surface area contributed by atoms with E-state index in [9.17, 15) is 4.79 Å². The maximum absolute atomic E-state index is 13.0. The fourth-order valence-electron chi connectivity index (χ4n) is 4.23. The lowest BCUT2D eigenvalue weighted by molar-refractivity contribution is -0.137. The van der Waals surface area contributed by atoms with Crippen LogP contribution in [0, 0.1) is 11.3 Å². The molecule has 4 nitrogen and oxygen atoms in total. The van der Waals surface area contributed by atoms with E-state index < -0.39 is 0 Å². The molecule has 1 saturated carbocycles. The Morgan fingerprint density at radius 2 is 2.24 bits per heavy atom. The van der Waals surface area contributed by atoms with Gasteiger partial charge in [0.1, 0.15) is 5.01 Å². The Kier molecular flexibility index (Phi) is 3.50. The molecule has 5 heteroatoms. The highest BCUT2D eigenvalue weighted by atomic mass is 32.1. The molecule has 1 spiro atoms. The molecule has 1 aliphatic carbocycles. The van der Waals surface area contributed by atoms with Crippen LogP contribution in [0.25, 0.3) is 0 Å². The maximum Gasteiger partial charge on any atom is 0.226 e. The number of carbonyl (C=O) groups excluding carboxylic acids is 1. The molecule has 2 saturated heterocycles. The summed E-state index contributed by atoms with van der Waals surface area (Å²) >= 11 is 1.69. The number of nitrogens with one attached hydrogen (secondary N) is 1. The van der Waals surface area contributed by atoms with Crippen molar-refractivity contribution < 1.29 is 4.79 Å². The Morgan fingerprint density at radius 1 is 1.38 bits per heavy atom. The predicted octanol–water partition coefficient (Wildman–Crippen LogP) is 2.59. The van der Waals surface area contributed by atoms with Crippen LogP contribution in [0.3, 0.4) is 0 Å². The molecule has 0 bridgehead atoms. The van der Waals surface area contributed by atoms with Crippen molar-refractivity contribution in [3.05, 3.63) is 16.6 Å². The van der Waals surface area contributed by atoms with Crippen molar-refractivity contribution in [3.63, 3.8) is 0 Å². The van der Waals surface area contributed by atoms with Crippen LogP contribution < -0.4 is 5.32 Å². The third-order valence-electron chi connectivity index (χ3n) is 5.61. The number of thiazole rings is 1. The minimum absolute atomic E-state index is 0.241. The largest absolute Gasteiger partial charge is 0.333 e. The number of hydrogen-bond donors (Lipinski definition) is 1. The minimum Gasteiger partial charge on any atom is -0.333 e. The first-order valence-corrected chi connectivity index (χ1v) is 9.09. The van der Waals surface area contributed by atoms with Gasteiger partial charge in [0.15, 0.2) is 0 Å². The summed E-state index contributed by atoms with van der Waals surface area (Å²) in [4.78, 5) is 19.6.